The van der Waals surface area contributed by atoms with Crippen LogP contribution in [-0.2, 0) is 13.1 Å². The van der Waals surface area contributed by atoms with Gasteiger partial charge in [-0.3, -0.25) is 3.53 Å². The summed E-state index contributed by atoms with van der Waals surface area (Å²) in [6.45, 7) is 4.52. The van der Waals surface area contributed by atoms with E-state index in [1.54, 1.807) is 7.11 Å². The van der Waals surface area contributed by atoms with Gasteiger partial charge in [-0.15, -0.1) is 0 Å². The second kappa shape index (κ2) is 9.92. The van der Waals surface area contributed by atoms with E-state index in [1.165, 1.54) is 18.4 Å². The number of aromatic nitrogens is 3. The van der Waals surface area contributed by atoms with E-state index in [-0.39, 0.29) is 5.95 Å². The molecule has 3 rings (SSSR count). The highest BCUT2D eigenvalue weighted by molar-refractivity contribution is 14.1. The molecule has 2 heterocycles. The molecule has 8 heteroatoms. The van der Waals surface area contributed by atoms with Crippen LogP contribution in [0.3, 0.4) is 0 Å². The fraction of sp³-hybridized carbons (Fsp3) is 0.400. The Balaban J connectivity index is 1.91. The van der Waals surface area contributed by atoms with Gasteiger partial charge in [0.1, 0.15) is 11.3 Å². The largest absolute Gasteiger partial charge is 0.496 e. The van der Waals surface area contributed by atoms with Crippen molar-refractivity contribution in [3.05, 3.63) is 41.6 Å². The van der Waals surface area contributed by atoms with Gasteiger partial charge in [-0.1, -0.05) is 31.9 Å². The van der Waals surface area contributed by atoms with Crippen molar-refractivity contribution in [2.24, 2.45) is 0 Å². The summed E-state index contributed by atoms with van der Waals surface area (Å²) in [5, 5.41) is 3.44. The first-order chi connectivity index (χ1) is 13.7. The molecule has 4 N–H and O–H groups in total. The number of fused-ring (bicyclic) bond motifs is 1. The van der Waals surface area contributed by atoms with Crippen LogP contribution in [-0.4, -0.2) is 28.2 Å². The molecule has 0 atom stereocenters. The summed E-state index contributed by atoms with van der Waals surface area (Å²) < 4.78 is 10.9. The van der Waals surface area contributed by atoms with Gasteiger partial charge in [0.05, 0.1) is 19.2 Å². The summed E-state index contributed by atoms with van der Waals surface area (Å²) in [5.41, 5.74) is 10.0. The van der Waals surface area contributed by atoms with E-state index in [9.17, 15) is 0 Å². The third kappa shape index (κ3) is 4.85. The van der Waals surface area contributed by atoms with Gasteiger partial charge < -0.3 is 20.4 Å². The maximum atomic E-state index is 5.91. The molecule has 0 spiro atoms. The predicted molar refractivity (Wildman–Crippen MR) is 123 cm³/mol. The van der Waals surface area contributed by atoms with E-state index < -0.39 is 0 Å². The Labute approximate surface area is 179 Å². The van der Waals surface area contributed by atoms with Crippen molar-refractivity contribution in [1.29, 1.82) is 0 Å². The Morgan fingerprint density at radius 1 is 1.21 bits per heavy atom. The summed E-state index contributed by atoms with van der Waals surface area (Å²) >= 11 is 2.15. The molecular weight excluding hydrogens is 467 g/mol. The molecule has 150 valence electrons. The van der Waals surface area contributed by atoms with E-state index in [1.807, 2.05) is 12.3 Å². The van der Waals surface area contributed by atoms with Crippen LogP contribution >= 0.6 is 22.9 Å². The van der Waals surface area contributed by atoms with Crippen LogP contribution in [0.5, 0.6) is 5.75 Å². The minimum absolute atomic E-state index is 0.288. The van der Waals surface area contributed by atoms with Crippen molar-refractivity contribution in [2.45, 2.75) is 39.3 Å². The molecule has 0 aliphatic rings. The third-order valence-electron chi connectivity index (χ3n) is 4.66. The van der Waals surface area contributed by atoms with Crippen molar-refractivity contribution in [2.75, 3.05) is 24.7 Å². The SMILES string of the molecule is CCCCCNc1nc(N)nc2ccn(Cc3ccc(CNI)cc3OC)c12. The number of nitrogens with one attached hydrogen (secondary N) is 2. The maximum absolute atomic E-state index is 5.91. The molecule has 1 aromatic carbocycles. The molecule has 3 aromatic rings. The zero-order chi connectivity index (χ0) is 19.9. The molecule has 0 unspecified atom stereocenters. The van der Waals surface area contributed by atoms with Crippen molar-refractivity contribution in [1.82, 2.24) is 18.1 Å². The van der Waals surface area contributed by atoms with Crippen molar-refractivity contribution < 1.29 is 4.74 Å². The number of ether oxygens (including phenoxy) is 1. The topological polar surface area (TPSA) is 90.0 Å². The van der Waals surface area contributed by atoms with Crippen LogP contribution in [0.4, 0.5) is 11.8 Å². The van der Waals surface area contributed by atoms with Gasteiger partial charge in [0.2, 0.25) is 5.95 Å². The van der Waals surface area contributed by atoms with Crippen molar-refractivity contribution in [3.63, 3.8) is 0 Å². The quantitative estimate of drug-likeness (QED) is 0.223. The third-order valence-corrected chi connectivity index (χ3v) is 5.05. The second-order valence-corrected chi connectivity index (χ2v) is 7.46. The Morgan fingerprint density at radius 2 is 2.07 bits per heavy atom. The number of nitrogen functional groups attached to an aromatic ring is 1. The lowest BCUT2D eigenvalue weighted by Gasteiger charge is -2.14. The zero-order valence-electron chi connectivity index (χ0n) is 16.3. The van der Waals surface area contributed by atoms with Crippen molar-refractivity contribution >= 4 is 45.7 Å². The van der Waals surface area contributed by atoms with Crippen LogP contribution in [0.15, 0.2) is 30.5 Å². The van der Waals surface area contributed by atoms with Gasteiger partial charge in [0.25, 0.3) is 0 Å². The molecule has 0 saturated heterocycles. The van der Waals surface area contributed by atoms with E-state index in [4.69, 9.17) is 10.5 Å². The summed E-state index contributed by atoms with van der Waals surface area (Å²) in [6.07, 6.45) is 5.49. The highest BCUT2D eigenvalue weighted by Crippen LogP contribution is 2.27. The number of hydrogen-bond donors (Lipinski definition) is 3. The number of halogens is 1. The first-order valence-corrected chi connectivity index (χ1v) is 10.6. The number of methoxy groups -OCH3 is 1. The lowest BCUT2D eigenvalue weighted by molar-refractivity contribution is 0.408. The molecule has 0 saturated carbocycles. The van der Waals surface area contributed by atoms with E-state index in [0.717, 1.165) is 47.7 Å². The Bertz CT molecular complexity index is 926. The van der Waals surface area contributed by atoms with E-state index in [2.05, 4.69) is 71.4 Å². The molecule has 28 heavy (non-hydrogen) atoms. The van der Waals surface area contributed by atoms with Crippen LogP contribution < -0.4 is 19.3 Å². The lowest BCUT2D eigenvalue weighted by atomic mass is 10.1. The molecule has 7 nitrogen and oxygen atoms in total. The zero-order valence-corrected chi connectivity index (χ0v) is 18.5. The number of benzene rings is 1. The van der Waals surface area contributed by atoms with Crippen LogP contribution in [0.1, 0.15) is 37.3 Å². The van der Waals surface area contributed by atoms with E-state index in [0.29, 0.717) is 6.54 Å². The molecule has 0 aliphatic carbocycles. The number of hydrogen-bond acceptors (Lipinski definition) is 6. The first kappa shape index (κ1) is 20.7. The van der Waals surface area contributed by atoms with Gasteiger partial charge >= 0.3 is 0 Å². The highest BCUT2D eigenvalue weighted by atomic mass is 127. The smallest absolute Gasteiger partial charge is 0.222 e. The van der Waals surface area contributed by atoms with Crippen LogP contribution in [0.2, 0.25) is 0 Å². The average Bonchev–Trinajstić information content (AvgIpc) is 3.09. The van der Waals surface area contributed by atoms with Gasteiger partial charge in [0.15, 0.2) is 5.82 Å². The van der Waals surface area contributed by atoms with Gasteiger partial charge in [-0.25, -0.2) is 4.98 Å². The minimum atomic E-state index is 0.288. The monoisotopic (exact) mass is 494 g/mol. The summed E-state index contributed by atoms with van der Waals surface area (Å²) in [5.74, 6) is 1.95. The predicted octanol–water partition coefficient (Wildman–Crippen LogP) is 4.11. The lowest BCUT2D eigenvalue weighted by Crippen LogP contribution is -2.09. The Kier molecular flexibility index (Phi) is 7.32. The van der Waals surface area contributed by atoms with Gasteiger partial charge in [-0.05, 0) is 24.1 Å². The summed E-state index contributed by atoms with van der Waals surface area (Å²) in [4.78, 5) is 8.84. The fourth-order valence-electron chi connectivity index (χ4n) is 3.25. The van der Waals surface area contributed by atoms with Crippen molar-refractivity contribution in [3.8, 4) is 5.75 Å². The second-order valence-electron chi connectivity index (χ2n) is 6.70. The Morgan fingerprint density at radius 3 is 2.82 bits per heavy atom. The normalized spacial score (nSPS) is 11.1. The molecule has 0 aliphatic heterocycles. The van der Waals surface area contributed by atoms with Crippen LogP contribution in [0.25, 0.3) is 11.0 Å². The molecule has 0 bridgehead atoms. The molecule has 0 fully saturated rings. The maximum Gasteiger partial charge on any atom is 0.222 e. The van der Waals surface area contributed by atoms with E-state index >= 15 is 0 Å². The van der Waals surface area contributed by atoms with Crippen LogP contribution in [0, 0.1) is 0 Å². The standard InChI is InChI=1S/C20H27IN6O/c1-3-4-5-9-23-19-18-16(25-20(22)26-19)8-10-27(18)13-15-7-6-14(12-24-21)11-17(15)28-2/h6-8,10-11,24H,3-5,9,12-13H2,1-2H3,(H3,22,23,25,26). The number of nitrogens with zero attached hydrogens (tertiary/aromatic N) is 3. The number of anilines is 2. The summed E-state index contributed by atoms with van der Waals surface area (Å²) in [7, 11) is 1.71. The number of nitrogens with two attached hydrogens (primary N) is 1. The molecular formula is C20H27IN6O. The average molecular weight is 494 g/mol. The molecule has 0 radical (unpaired) electrons. The minimum Gasteiger partial charge on any atom is -0.496 e. The molecule has 2 aromatic heterocycles. The van der Waals surface area contributed by atoms with Gasteiger partial charge in [-0.2, -0.15) is 4.98 Å². The first-order valence-electron chi connectivity index (χ1n) is 9.51. The Hall–Kier alpha value is -2.07. The molecule has 0 amide bonds. The van der Waals surface area contributed by atoms with Gasteiger partial charge in [0, 0.05) is 47.7 Å². The fourth-order valence-corrected chi connectivity index (χ4v) is 3.69. The number of unbranched alkanes of at least 4 members (excludes halogenated alkanes) is 2. The highest BCUT2D eigenvalue weighted by Gasteiger charge is 2.13. The summed E-state index contributed by atoms with van der Waals surface area (Å²) in [6, 6.07) is 8.28. The number of rotatable bonds is 10.